The van der Waals surface area contributed by atoms with Gasteiger partial charge in [0.2, 0.25) is 11.8 Å². The number of hydrogen-bond donors (Lipinski definition) is 1. The molecule has 1 aliphatic carbocycles. The van der Waals surface area contributed by atoms with Crippen molar-refractivity contribution in [2.75, 3.05) is 5.32 Å². The second kappa shape index (κ2) is 8.47. The van der Waals surface area contributed by atoms with Crippen LogP contribution in [0.15, 0.2) is 30.5 Å². The minimum atomic E-state index is -4.60. The van der Waals surface area contributed by atoms with Gasteiger partial charge in [-0.15, -0.1) is 0 Å². The summed E-state index contributed by atoms with van der Waals surface area (Å²) in [5.41, 5.74) is -1.19. The van der Waals surface area contributed by atoms with Crippen LogP contribution in [-0.2, 0) is 6.18 Å². The Labute approximate surface area is 168 Å². The summed E-state index contributed by atoms with van der Waals surface area (Å²) in [5, 5.41) is 2.91. The Morgan fingerprint density at radius 1 is 1.00 bits per heavy atom. The van der Waals surface area contributed by atoms with E-state index < -0.39 is 23.2 Å². The predicted octanol–water partition coefficient (Wildman–Crippen LogP) is 6.13. The summed E-state index contributed by atoms with van der Waals surface area (Å²) in [6.07, 6.45) is 2.15. The van der Waals surface area contributed by atoms with Crippen LogP contribution in [0.5, 0.6) is 11.6 Å². The minimum absolute atomic E-state index is 0.0261. The predicted molar refractivity (Wildman–Crippen MR) is 105 cm³/mol. The van der Waals surface area contributed by atoms with E-state index in [4.69, 9.17) is 9.47 Å². The van der Waals surface area contributed by atoms with Crippen molar-refractivity contribution in [3.63, 3.8) is 0 Å². The largest absolute Gasteiger partial charge is 0.490 e. The number of hydrogen-bond acceptors (Lipinski definition) is 5. The number of alkyl halides is 3. The van der Waals surface area contributed by atoms with Gasteiger partial charge in [-0.3, -0.25) is 0 Å². The third-order valence-electron chi connectivity index (χ3n) is 4.43. The molecule has 1 aromatic heterocycles. The summed E-state index contributed by atoms with van der Waals surface area (Å²) in [6.45, 7) is 4.98. The van der Waals surface area contributed by atoms with E-state index in [1.54, 1.807) is 32.9 Å². The molecule has 0 radical (unpaired) electrons. The minimum Gasteiger partial charge on any atom is -0.490 e. The number of nitrogens with zero attached hydrogens (tertiary/aromatic N) is 2. The first kappa shape index (κ1) is 21.2. The average Bonchev–Trinajstić information content (AvgIpc) is 2.62. The van der Waals surface area contributed by atoms with E-state index in [1.165, 1.54) is 19.3 Å². The fourth-order valence-corrected chi connectivity index (χ4v) is 3.11. The summed E-state index contributed by atoms with van der Waals surface area (Å²) in [5.74, 6) is 0.297. The fourth-order valence-electron chi connectivity index (χ4n) is 3.11. The number of nitrogens with one attached hydrogen (secondary N) is 1. The van der Waals surface area contributed by atoms with Crippen molar-refractivity contribution in [2.24, 2.45) is 0 Å². The van der Waals surface area contributed by atoms with Gasteiger partial charge in [0.25, 0.3) is 0 Å². The molecule has 0 bridgehead atoms. The van der Waals surface area contributed by atoms with Crippen molar-refractivity contribution >= 4 is 11.6 Å². The molecule has 158 valence electrons. The maximum Gasteiger partial charge on any atom is 0.423 e. The molecule has 1 N–H and O–H groups in total. The molecular formula is C21H26F3N3O2. The highest BCUT2D eigenvalue weighted by atomic mass is 19.4. The summed E-state index contributed by atoms with van der Waals surface area (Å²) < 4.78 is 51.1. The molecule has 1 heterocycles. The van der Waals surface area contributed by atoms with Crippen LogP contribution in [0.2, 0.25) is 0 Å². The number of halogens is 3. The van der Waals surface area contributed by atoms with Gasteiger partial charge >= 0.3 is 6.18 Å². The molecular weight excluding hydrogens is 383 g/mol. The van der Waals surface area contributed by atoms with E-state index >= 15 is 0 Å². The first-order chi connectivity index (χ1) is 13.6. The number of rotatable bonds is 5. The molecule has 0 amide bonds. The van der Waals surface area contributed by atoms with E-state index in [-0.39, 0.29) is 12.1 Å². The fraction of sp³-hybridized carbons (Fsp3) is 0.524. The second-order valence-electron chi connectivity index (χ2n) is 8.15. The highest BCUT2D eigenvalue weighted by molar-refractivity contribution is 5.55. The van der Waals surface area contributed by atoms with Gasteiger partial charge in [-0.05, 0) is 70.7 Å². The first-order valence-electron chi connectivity index (χ1n) is 9.77. The van der Waals surface area contributed by atoms with Crippen molar-refractivity contribution in [2.45, 2.75) is 70.8 Å². The molecule has 0 unspecified atom stereocenters. The SMILES string of the molecule is CC(C)(C)Oc1nc(Nc2ccc(OC3CCCCC3)cc2)ncc1C(F)(F)F. The quantitative estimate of drug-likeness (QED) is 0.644. The van der Waals surface area contributed by atoms with Gasteiger partial charge in [0, 0.05) is 11.9 Å². The van der Waals surface area contributed by atoms with Crippen LogP contribution in [0.4, 0.5) is 24.8 Å². The van der Waals surface area contributed by atoms with Gasteiger partial charge in [-0.25, -0.2) is 4.98 Å². The summed E-state index contributed by atoms with van der Waals surface area (Å²) >= 11 is 0. The lowest BCUT2D eigenvalue weighted by Crippen LogP contribution is -2.26. The average molecular weight is 409 g/mol. The molecule has 2 aromatic rings. The summed E-state index contributed by atoms with van der Waals surface area (Å²) in [4.78, 5) is 7.73. The third kappa shape index (κ3) is 6.24. The Morgan fingerprint density at radius 3 is 2.24 bits per heavy atom. The normalized spacial score (nSPS) is 15.8. The van der Waals surface area contributed by atoms with Gasteiger partial charge in [0.05, 0.1) is 6.10 Å². The first-order valence-corrected chi connectivity index (χ1v) is 9.77. The number of ether oxygens (including phenoxy) is 2. The summed E-state index contributed by atoms with van der Waals surface area (Å²) in [6, 6.07) is 7.22. The highest BCUT2D eigenvalue weighted by Gasteiger charge is 2.37. The molecule has 3 rings (SSSR count). The Morgan fingerprint density at radius 2 is 1.66 bits per heavy atom. The molecule has 1 fully saturated rings. The molecule has 29 heavy (non-hydrogen) atoms. The monoisotopic (exact) mass is 409 g/mol. The van der Waals surface area contributed by atoms with Crippen molar-refractivity contribution in [1.82, 2.24) is 9.97 Å². The lowest BCUT2D eigenvalue weighted by atomic mass is 9.98. The summed E-state index contributed by atoms with van der Waals surface area (Å²) in [7, 11) is 0. The Hall–Kier alpha value is -2.51. The topological polar surface area (TPSA) is 56.3 Å². The van der Waals surface area contributed by atoms with Gasteiger partial charge in [0.15, 0.2) is 0 Å². The maximum absolute atomic E-state index is 13.2. The Kier molecular flexibility index (Phi) is 6.19. The van der Waals surface area contributed by atoms with Crippen LogP contribution in [0.3, 0.4) is 0 Å². The van der Waals surface area contributed by atoms with E-state index in [2.05, 4.69) is 15.3 Å². The number of benzene rings is 1. The number of anilines is 2. The number of aromatic nitrogens is 2. The van der Waals surface area contributed by atoms with Gasteiger partial charge in [0.1, 0.15) is 16.9 Å². The van der Waals surface area contributed by atoms with Crippen LogP contribution in [-0.4, -0.2) is 21.7 Å². The molecule has 5 nitrogen and oxygen atoms in total. The van der Waals surface area contributed by atoms with Gasteiger partial charge < -0.3 is 14.8 Å². The molecule has 0 saturated heterocycles. The molecule has 1 aliphatic rings. The third-order valence-corrected chi connectivity index (χ3v) is 4.43. The lowest BCUT2D eigenvalue weighted by Gasteiger charge is -2.23. The molecule has 1 aromatic carbocycles. The van der Waals surface area contributed by atoms with Crippen molar-refractivity contribution < 1.29 is 22.6 Å². The highest BCUT2D eigenvalue weighted by Crippen LogP contribution is 2.36. The molecule has 0 aliphatic heterocycles. The van der Waals surface area contributed by atoms with Crippen LogP contribution in [0, 0.1) is 0 Å². The molecule has 0 atom stereocenters. The molecule has 8 heteroatoms. The van der Waals surface area contributed by atoms with Crippen LogP contribution in [0.1, 0.15) is 58.4 Å². The zero-order chi connectivity index (χ0) is 21.1. The van der Waals surface area contributed by atoms with Gasteiger partial charge in [-0.2, -0.15) is 18.2 Å². The zero-order valence-electron chi connectivity index (χ0n) is 16.8. The van der Waals surface area contributed by atoms with Crippen LogP contribution in [0.25, 0.3) is 0 Å². The Balaban J connectivity index is 1.72. The van der Waals surface area contributed by atoms with Crippen molar-refractivity contribution in [3.05, 3.63) is 36.0 Å². The Bertz CT molecular complexity index is 811. The molecule has 0 spiro atoms. The standard InChI is InChI=1S/C21H26F3N3O2/c1-20(2,3)29-18-17(21(22,23)24)13-25-19(27-18)26-14-9-11-16(12-10-14)28-15-7-5-4-6-8-15/h9-13,15H,4-8H2,1-3H3,(H,25,26,27). The van der Waals surface area contributed by atoms with Crippen LogP contribution >= 0.6 is 0 Å². The van der Waals surface area contributed by atoms with Crippen molar-refractivity contribution in [1.29, 1.82) is 0 Å². The smallest absolute Gasteiger partial charge is 0.423 e. The lowest BCUT2D eigenvalue weighted by molar-refractivity contribution is -0.140. The van der Waals surface area contributed by atoms with E-state index in [0.717, 1.165) is 24.8 Å². The van der Waals surface area contributed by atoms with E-state index in [0.29, 0.717) is 5.69 Å². The van der Waals surface area contributed by atoms with Gasteiger partial charge in [-0.1, -0.05) is 6.42 Å². The van der Waals surface area contributed by atoms with Crippen molar-refractivity contribution in [3.8, 4) is 11.6 Å². The van der Waals surface area contributed by atoms with Crippen LogP contribution < -0.4 is 14.8 Å². The molecule has 1 saturated carbocycles. The second-order valence-corrected chi connectivity index (χ2v) is 8.15. The maximum atomic E-state index is 13.2. The zero-order valence-corrected chi connectivity index (χ0v) is 16.8. The van der Waals surface area contributed by atoms with E-state index in [9.17, 15) is 13.2 Å². The van der Waals surface area contributed by atoms with E-state index in [1.807, 2.05) is 12.1 Å².